The minimum Gasteiger partial charge on any atom is -0.347 e. The second-order valence-corrected chi connectivity index (χ2v) is 13.3. The number of imide groups is 1. The van der Waals surface area contributed by atoms with E-state index in [1.165, 1.54) is 4.90 Å². The van der Waals surface area contributed by atoms with E-state index in [2.05, 4.69) is 35.8 Å². The van der Waals surface area contributed by atoms with Crippen molar-refractivity contribution in [2.45, 2.75) is 57.5 Å². The van der Waals surface area contributed by atoms with Crippen molar-refractivity contribution in [1.29, 1.82) is 0 Å². The number of aromatic nitrogens is 5. The lowest BCUT2D eigenvalue weighted by molar-refractivity contribution is -0.130. The third-order valence-electron chi connectivity index (χ3n) is 9.78. The quantitative estimate of drug-likeness (QED) is 0.191. The van der Waals surface area contributed by atoms with Crippen LogP contribution in [0.5, 0.6) is 0 Å². The Hall–Kier alpha value is -4.56. The third kappa shape index (κ3) is 8.41. The summed E-state index contributed by atoms with van der Waals surface area (Å²) in [5, 5.41) is 17.1. The zero-order valence-corrected chi connectivity index (χ0v) is 29.2. The summed E-state index contributed by atoms with van der Waals surface area (Å²) in [4.78, 5) is 48.8. The minimum absolute atomic E-state index is 0. The topological polar surface area (TPSA) is 189 Å². The molecule has 1 saturated carbocycles. The first-order chi connectivity index (χ1) is 23.7. The standard InChI is InChI=1S/C36H44N10O3.ClH/c1-22-30(15-16-32(39-22)34(47)40-28-17-18-45(2)21-28)25-7-3-23(4-8-25)19-31(38)36(49)46(35(48)27-9-5-24(20-37)6-10-27)29-13-11-26(12-14-29)33-41-43-44-42-33;/h3-4,7-8,11-16,24,27-28,31H,5-6,9-10,17-21,37-38H2,1-2H3,(H,40,47)(H,41,42,43,44);1H/t24-,27-,28-,31+;/m1./s1. The highest BCUT2D eigenvalue weighted by Gasteiger charge is 2.35. The van der Waals surface area contributed by atoms with E-state index in [4.69, 9.17) is 11.5 Å². The monoisotopic (exact) mass is 700 g/mol. The number of carbonyl (C=O) groups excluding carboxylic acids is 3. The van der Waals surface area contributed by atoms with Gasteiger partial charge in [-0.3, -0.25) is 14.4 Å². The van der Waals surface area contributed by atoms with Crippen LogP contribution in [-0.4, -0.2) is 87.0 Å². The van der Waals surface area contributed by atoms with Gasteiger partial charge >= 0.3 is 0 Å². The predicted octanol–water partition coefficient (Wildman–Crippen LogP) is 3.29. The molecule has 2 aliphatic rings. The molecule has 4 aromatic rings. The van der Waals surface area contributed by atoms with Gasteiger partial charge in [0.05, 0.1) is 11.7 Å². The lowest BCUT2D eigenvalue weighted by atomic mass is 9.81. The summed E-state index contributed by atoms with van der Waals surface area (Å²) in [6.07, 6.45) is 4.25. The summed E-state index contributed by atoms with van der Waals surface area (Å²) in [5.74, 6) is -0.337. The van der Waals surface area contributed by atoms with Gasteiger partial charge in [0, 0.05) is 35.3 Å². The molecule has 0 spiro atoms. The largest absolute Gasteiger partial charge is 0.347 e. The number of nitrogens with two attached hydrogens (primary N) is 2. The molecule has 0 radical (unpaired) electrons. The summed E-state index contributed by atoms with van der Waals surface area (Å²) >= 11 is 0. The number of H-pyrrole nitrogens is 1. The number of aryl methyl sites for hydroxylation is 1. The van der Waals surface area contributed by atoms with Crippen molar-refractivity contribution in [2.24, 2.45) is 23.3 Å². The Kier molecular flexibility index (Phi) is 12.1. The summed E-state index contributed by atoms with van der Waals surface area (Å²) in [6.45, 7) is 4.29. The van der Waals surface area contributed by atoms with Crippen LogP contribution in [0.2, 0.25) is 0 Å². The molecule has 6 N–H and O–H groups in total. The summed E-state index contributed by atoms with van der Waals surface area (Å²) in [7, 11) is 2.05. The number of nitrogens with one attached hydrogen (secondary N) is 2. The van der Waals surface area contributed by atoms with Crippen molar-refractivity contribution in [3.63, 3.8) is 0 Å². The first kappa shape index (κ1) is 36.7. The number of amides is 3. The fraction of sp³-hybridized carbons (Fsp3) is 0.417. The van der Waals surface area contributed by atoms with Crippen LogP contribution in [-0.2, 0) is 16.0 Å². The first-order valence-corrected chi connectivity index (χ1v) is 16.9. The number of hydrogen-bond acceptors (Lipinski definition) is 10. The number of carbonyl (C=O) groups is 3. The molecule has 1 aliphatic carbocycles. The molecule has 2 aromatic carbocycles. The molecular formula is C36H45ClN10O3. The average molecular weight is 701 g/mol. The maximum absolute atomic E-state index is 14.0. The number of hydrogen-bond donors (Lipinski definition) is 4. The van der Waals surface area contributed by atoms with Crippen LogP contribution in [0, 0.1) is 18.8 Å². The maximum Gasteiger partial charge on any atom is 0.270 e. The average Bonchev–Trinajstić information content (AvgIpc) is 3.81. The van der Waals surface area contributed by atoms with Crippen LogP contribution >= 0.6 is 12.4 Å². The highest BCUT2D eigenvalue weighted by molar-refractivity contribution is 6.17. The van der Waals surface area contributed by atoms with E-state index in [0.717, 1.165) is 54.7 Å². The molecule has 2 aromatic heterocycles. The van der Waals surface area contributed by atoms with E-state index in [-0.39, 0.29) is 42.6 Å². The van der Waals surface area contributed by atoms with Crippen LogP contribution < -0.4 is 21.7 Å². The van der Waals surface area contributed by atoms with Gasteiger partial charge in [-0.25, -0.2) is 9.88 Å². The minimum atomic E-state index is -0.951. The van der Waals surface area contributed by atoms with Gasteiger partial charge in [-0.15, -0.1) is 22.6 Å². The molecular weight excluding hydrogens is 656 g/mol. The normalized spacial score (nSPS) is 19.7. The second kappa shape index (κ2) is 16.4. The molecule has 2 fully saturated rings. The van der Waals surface area contributed by atoms with Crippen molar-refractivity contribution in [1.82, 2.24) is 35.8 Å². The fourth-order valence-corrected chi connectivity index (χ4v) is 6.87. The van der Waals surface area contributed by atoms with E-state index in [9.17, 15) is 14.4 Å². The van der Waals surface area contributed by atoms with Gasteiger partial charge in [-0.1, -0.05) is 30.3 Å². The van der Waals surface area contributed by atoms with E-state index >= 15 is 0 Å². The van der Waals surface area contributed by atoms with Gasteiger partial charge in [0.2, 0.25) is 11.7 Å². The van der Waals surface area contributed by atoms with E-state index in [1.54, 1.807) is 30.3 Å². The van der Waals surface area contributed by atoms with Crippen molar-refractivity contribution in [3.8, 4) is 22.5 Å². The van der Waals surface area contributed by atoms with Crippen molar-refractivity contribution < 1.29 is 14.4 Å². The third-order valence-corrected chi connectivity index (χ3v) is 9.78. The Morgan fingerprint density at radius 1 is 0.980 bits per heavy atom. The highest BCUT2D eigenvalue weighted by Crippen LogP contribution is 2.32. The lowest BCUT2D eigenvalue weighted by Crippen LogP contribution is -2.50. The van der Waals surface area contributed by atoms with Gasteiger partial charge in [-0.2, -0.15) is 5.21 Å². The Morgan fingerprint density at radius 3 is 2.28 bits per heavy atom. The highest BCUT2D eigenvalue weighted by atomic mass is 35.5. The van der Waals surface area contributed by atoms with E-state index in [1.807, 2.05) is 44.3 Å². The number of pyridine rings is 1. The summed E-state index contributed by atoms with van der Waals surface area (Å²) in [6, 6.07) is 17.6. The van der Waals surface area contributed by atoms with Crippen LogP contribution in [0.4, 0.5) is 5.69 Å². The fourth-order valence-electron chi connectivity index (χ4n) is 6.87. The SMILES string of the molecule is Cc1nc(C(=O)N[C@@H]2CCN(C)C2)ccc1-c1ccc(C[C@H](N)C(=O)N(c2ccc(-c3nn[nH]n3)cc2)C(=O)[C@H]2CC[C@H](CN)CC2)cc1.Cl. The molecule has 0 unspecified atom stereocenters. The van der Waals surface area contributed by atoms with E-state index in [0.29, 0.717) is 48.1 Å². The van der Waals surface area contributed by atoms with Crippen LogP contribution in [0.15, 0.2) is 60.7 Å². The van der Waals surface area contributed by atoms with Crippen molar-refractivity contribution in [3.05, 3.63) is 77.6 Å². The number of halogens is 1. The molecule has 264 valence electrons. The van der Waals surface area contributed by atoms with Gasteiger partial charge in [-0.05, 0) is 118 Å². The van der Waals surface area contributed by atoms with Crippen LogP contribution in [0.3, 0.4) is 0 Å². The van der Waals surface area contributed by atoms with Crippen molar-refractivity contribution in [2.75, 3.05) is 31.6 Å². The molecule has 0 bridgehead atoms. The molecule has 2 atom stereocenters. The number of benzene rings is 2. The number of rotatable bonds is 10. The van der Waals surface area contributed by atoms with Gasteiger partial charge in [0.15, 0.2) is 0 Å². The lowest BCUT2D eigenvalue weighted by Gasteiger charge is -2.32. The molecule has 3 amide bonds. The van der Waals surface area contributed by atoms with Crippen molar-refractivity contribution >= 4 is 35.8 Å². The number of tetrazole rings is 1. The smallest absolute Gasteiger partial charge is 0.270 e. The number of aromatic amines is 1. The number of likely N-dealkylation sites (tertiary alicyclic amines) is 1. The molecule has 1 aliphatic heterocycles. The first-order valence-electron chi connectivity index (χ1n) is 16.9. The number of nitrogens with zero attached hydrogens (tertiary/aromatic N) is 6. The number of anilines is 1. The zero-order valence-electron chi connectivity index (χ0n) is 28.4. The molecule has 6 rings (SSSR count). The molecule has 1 saturated heterocycles. The van der Waals surface area contributed by atoms with Gasteiger partial charge in [0.1, 0.15) is 5.69 Å². The van der Waals surface area contributed by atoms with E-state index < -0.39 is 11.9 Å². The molecule has 50 heavy (non-hydrogen) atoms. The molecule has 13 nitrogen and oxygen atoms in total. The predicted molar refractivity (Wildman–Crippen MR) is 193 cm³/mol. The number of likely N-dealkylation sites (N-methyl/N-ethyl adjacent to an activating group) is 1. The summed E-state index contributed by atoms with van der Waals surface area (Å²) in [5.41, 5.74) is 17.4. The second-order valence-electron chi connectivity index (χ2n) is 13.3. The Labute approximate surface area is 298 Å². The molecule has 3 heterocycles. The Bertz CT molecular complexity index is 1760. The summed E-state index contributed by atoms with van der Waals surface area (Å²) < 4.78 is 0. The molecule has 14 heteroatoms. The van der Waals surface area contributed by atoms with Gasteiger partial charge in [0.25, 0.3) is 11.8 Å². The van der Waals surface area contributed by atoms with Gasteiger partial charge < -0.3 is 21.7 Å². The Balaban J connectivity index is 0.00000486. The maximum atomic E-state index is 14.0. The van der Waals surface area contributed by atoms with Crippen LogP contribution in [0.25, 0.3) is 22.5 Å². The zero-order chi connectivity index (χ0) is 34.5. The van der Waals surface area contributed by atoms with Crippen LogP contribution in [0.1, 0.15) is 53.8 Å². The Morgan fingerprint density at radius 2 is 1.68 bits per heavy atom.